The van der Waals surface area contributed by atoms with Crippen LogP contribution in [0, 0.1) is 0 Å². The van der Waals surface area contributed by atoms with Gasteiger partial charge in [0.25, 0.3) is 0 Å². The fourth-order valence-corrected chi connectivity index (χ4v) is 3.50. The minimum atomic E-state index is -3.38. The van der Waals surface area contributed by atoms with Gasteiger partial charge in [-0.1, -0.05) is 13.0 Å². The van der Waals surface area contributed by atoms with Crippen LogP contribution in [0.4, 0.5) is 5.69 Å². The molecule has 118 valence electrons. The summed E-state index contributed by atoms with van der Waals surface area (Å²) in [6.45, 7) is 5.55. The zero-order valence-corrected chi connectivity index (χ0v) is 13.6. The third-order valence-corrected chi connectivity index (χ3v) is 5.46. The van der Waals surface area contributed by atoms with E-state index >= 15 is 0 Å². The molecule has 0 aliphatic carbocycles. The Morgan fingerprint density at radius 2 is 2.10 bits per heavy atom. The first-order valence-electron chi connectivity index (χ1n) is 7.57. The molecule has 2 rings (SSSR count). The molecule has 1 aliphatic rings. The first kappa shape index (κ1) is 16.3. The molecule has 0 spiro atoms. The summed E-state index contributed by atoms with van der Waals surface area (Å²) in [7, 11) is -1.95. The van der Waals surface area contributed by atoms with E-state index < -0.39 is 10.0 Å². The predicted octanol–water partition coefficient (Wildman–Crippen LogP) is 1.88. The Morgan fingerprint density at radius 1 is 1.29 bits per heavy atom. The Balaban J connectivity index is 2.05. The highest BCUT2D eigenvalue weighted by Gasteiger charge is 2.17. The Hall–Kier alpha value is -1.11. The standard InChI is InChI=1S/C15H25N3O2S/c1-3-18-10-5-7-13(9-11-18)17-14-6-4-8-15(12-14)21(19,20)16-2/h4,6,8,12-13,16-17H,3,5,7,9-11H2,1-2H3. The second-order valence-corrected chi connectivity index (χ2v) is 7.33. The van der Waals surface area contributed by atoms with Crippen LogP contribution in [0.25, 0.3) is 0 Å². The molecular weight excluding hydrogens is 286 g/mol. The first-order valence-corrected chi connectivity index (χ1v) is 9.06. The van der Waals surface area contributed by atoms with Crippen LogP contribution < -0.4 is 10.0 Å². The minimum absolute atomic E-state index is 0.304. The van der Waals surface area contributed by atoms with E-state index in [4.69, 9.17) is 0 Å². The number of hydrogen-bond acceptors (Lipinski definition) is 4. The molecule has 2 N–H and O–H groups in total. The summed E-state index contributed by atoms with van der Waals surface area (Å²) in [4.78, 5) is 2.77. The monoisotopic (exact) mass is 311 g/mol. The summed E-state index contributed by atoms with van der Waals surface area (Å²) in [5.41, 5.74) is 0.876. The second kappa shape index (κ2) is 7.24. The van der Waals surface area contributed by atoms with Gasteiger partial charge in [-0.15, -0.1) is 0 Å². The highest BCUT2D eigenvalue weighted by Crippen LogP contribution is 2.19. The molecule has 0 aromatic heterocycles. The molecule has 1 fully saturated rings. The van der Waals surface area contributed by atoms with Crippen molar-refractivity contribution in [3.63, 3.8) is 0 Å². The van der Waals surface area contributed by atoms with Crippen LogP contribution in [0.5, 0.6) is 0 Å². The molecule has 0 saturated carbocycles. The van der Waals surface area contributed by atoms with Crippen molar-refractivity contribution >= 4 is 15.7 Å². The van der Waals surface area contributed by atoms with Gasteiger partial charge in [0.1, 0.15) is 0 Å². The van der Waals surface area contributed by atoms with Gasteiger partial charge in [-0.05, 0) is 57.6 Å². The molecular formula is C15H25N3O2S. The Kier molecular flexibility index (Phi) is 5.61. The Labute approximate surface area is 127 Å². The third kappa shape index (κ3) is 4.43. The Morgan fingerprint density at radius 3 is 2.81 bits per heavy atom. The summed E-state index contributed by atoms with van der Waals surface area (Å²) in [5, 5.41) is 3.48. The molecule has 21 heavy (non-hydrogen) atoms. The van der Waals surface area contributed by atoms with Crippen molar-refractivity contribution < 1.29 is 8.42 Å². The normalized spacial score (nSPS) is 21.0. The van der Waals surface area contributed by atoms with Crippen molar-refractivity contribution in [3.05, 3.63) is 24.3 Å². The van der Waals surface area contributed by atoms with Gasteiger partial charge in [0.15, 0.2) is 0 Å². The van der Waals surface area contributed by atoms with E-state index in [0.717, 1.165) is 38.2 Å². The number of sulfonamides is 1. The van der Waals surface area contributed by atoms with Gasteiger partial charge in [0.05, 0.1) is 4.90 Å². The van der Waals surface area contributed by atoms with Gasteiger partial charge in [-0.3, -0.25) is 0 Å². The predicted molar refractivity (Wildman–Crippen MR) is 86.1 cm³/mol. The molecule has 1 heterocycles. The average molecular weight is 311 g/mol. The molecule has 1 aromatic rings. The highest BCUT2D eigenvalue weighted by molar-refractivity contribution is 7.89. The fraction of sp³-hybridized carbons (Fsp3) is 0.600. The molecule has 0 bridgehead atoms. The van der Waals surface area contributed by atoms with E-state index in [-0.39, 0.29) is 0 Å². The summed E-state index contributed by atoms with van der Waals surface area (Å²) in [5.74, 6) is 0. The second-order valence-electron chi connectivity index (χ2n) is 5.44. The molecule has 1 aliphatic heterocycles. The van der Waals surface area contributed by atoms with Gasteiger partial charge < -0.3 is 10.2 Å². The lowest BCUT2D eigenvalue weighted by Crippen LogP contribution is -2.26. The molecule has 6 heteroatoms. The van der Waals surface area contributed by atoms with Crippen LogP contribution in [0.3, 0.4) is 0 Å². The van der Waals surface area contributed by atoms with Gasteiger partial charge in [-0.2, -0.15) is 0 Å². The van der Waals surface area contributed by atoms with E-state index in [0.29, 0.717) is 10.9 Å². The number of nitrogens with zero attached hydrogens (tertiary/aromatic N) is 1. The van der Waals surface area contributed by atoms with Gasteiger partial charge in [0.2, 0.25) is 10.0 Å². The maximum absolute atomic E-state index is 11.8. The van der Waals surface area contributed by atoms with Crippen molar-refractivity contribution in [2.24, 2.45) is 0 Å². The van der Waals surface area contributed by atoms with E-state index in [1.165, 1.54) is 13.5 Å². The van der Waals surface area contributed by atoms with Crippen molar-refractivity contribution in [1.82, 2.24) is 9.62 Å². The molecule has 1 saturated heterocycles. The summed E-state index contributed by atoms with van der Waals surface area (Å²) < 4.78 is 26.0. The number of benzene rings is 1. The Bertz CT molecular complexity index is 560. The number of nitrogens with one attached hydrogen (secondary N) is 2. The lowest BCUT2D eigenvalue weighted by atomic mass is 10.1. The summed E-state index contributed by atoms with van der Waals surface area (Å²) in [6, 6.07) is 7.44. The molecule has 0 radical (unpaired) electrons. The number of anilines is 1. The lowest BCUT2D eigenvalue weighted by Gasteiger charge is -2.19. The number of likely N-dealkylation sites (tertiary alicyclic amines) is 1. The third-order valence-electron chi connectivity index (χ3n) is 4.05. The van der Waals surface area contributed by atoms with Gasteiger partial charge >= 0.3 is 0 Å². The van der Waals surface area contributed by atoms with Crippen molar-refractivity contribution in [3.8, 4) is 0 Å². The van der Waals surface area contributed by atoms with Crippen LogP contribution in [-0.4, -0.2) is 46.0 Å². The van der Waals surface area contributed by atoms with Gasteiger partial charge in [0, 0.05) is 18.3 Å². The first-order chi connectivity index (χ1) is 10.0. The van der Waals surface area contributed by atoms with Crippen molar-refractivity contribution in [2.45, 2.75) is 37.1 Å². The summed E-state index contributed by atoms with van der Waals surface area (Å²) in [6.07, 6.45) is 3.40. The molecule has 1 atom stereocenters. The zero-order valence-electron chi connectivity index (χ0n) is 12.8. The SMILES string of the molecule is CCN1CCCC(Nc2cccc(S(=O)(=O)NC)c2)CC1. The zero-order chi connectivity index (χ0) is 15.3. The van der Waals surface area contributed by atoms with Crippen LogP contribution in [0.15, 0.2) is 29.2 Å². The average Bonchev–Trinajstić information content (AvgIpc) is 2.72. The number of hydrogen-bond donors (Lipinski definition) is 2. The minimum Gasteiger partial charge on any atom is -0.382 e. The number of rotatable bonds is 5. The van der Waals surface area contributed by atoms with Crippen molar-refractivity contribution in [2.75, 3.05) is 32.0 Å². The fourth-order valence-electron chi connectivity index (χ4n) is 2.72. The molecule has 1 aromatic carbocycles. The highest BCUT2D eigenvalue weighted by atomic mass is 32.2. The maximum Gasteiger partial charge on any atom is 0.240 e. The molecule has 1 unspecified atom stereocenters. The van der Waals surface area contributed by atoms with Gasteiger partial charge in [-0.25, -0.2) is 13.1 Å². The van der Waals surface area contributed by atoms with Crippen LogP contribution in [-0.2, 0) is 10.0 Å². The van der Waals surface area contributed by atoms with E-state index in [9.17, 15) is 8.42 Å². The maximum atomic E-state index is 11.8. The van der Waals surface area contributed by atoms with Crippen LogP contribution in [0.1, 0.15) is 26.2 Å². The quantitative estimate of drug-likeness (QED) is 0.871. The smallest absolute Gasteiger partial charge is 0.240 e. The van der Waals surface area contributed by atoms with Crippen LogP contribution in [0.2, 0.25) is 0 Å². The van der Waals surface area contributed by atoms with Crippen LogP contribution >= 0.6 is 0 Å². The van der Waals surface area contributed by atoms with E-state index in [1.54, 1.807) is 18.2 Å². The largest absolute Gasteiger partial charge is 0.382 e. The summed E-state index contributed by atoms with van der Waals surface area (Å²) >= 11 is 0. The van der Waals surface area contributed by atoms with Crippen molar-refractivity contribution in [1.29, 1.82) is 0 Å². The molecule has 0 amide bonds. The topological polar surface area (TPSA) is 61.4 Å². The lowest BCUT2D eigenvalue weighted by molar-refractivity contribution is 0.300. The van der Waals surface area contributed by atoms with E-state index in [1.807, 2.05) is 6.07 Å². The van der Waals surface area contributed by atoms with E-state index in [2.05, 4.69) is 21.9 Å². The molecule has 5 nitrogen and oxygen atoms in total.